The average Bonchev–Trinajstić information content (AvgIpc) is 3.72. The molecule has 4 fully saturated rings. The third-order valence-electron chi connectivity index (χ3n) is 15.2. The summed E-state index contributed by atoms with van der Waals surface area (Å²) in [6, 6.07) is 0. The maximum absolute atomic E-state index is 13.3. The molecule has 0 saturated heterocycles. The van der Waals surface area contributed by atoms with E-state index in [9.17, 15) is 9.90 Å². The smallest absolute Gasteiger partial charge is 0.310 e. The van der Waals surface area contributed by atoms with Gasteiger partial charge >= 0.3 is 5.97 Å². The Labute approximate surface area is 235 Å². The Morgan fingerprint density at radius 1 is 0.949 bits per heavy atom. The number of carboxylic acids is 1. The minimum atomic E-state index is -0.581. The molecule has 0 bridgehead atoms. The van der Waals surface area contributed by atoms with Gasteiger partial charge in [0.1, 0.15) is 6.33 Å². The van der Waals surface area contributed by atoms with Crippen LogP contribution in [0.15, 0.2) is 24.2 Å². The molecule has 9 unspecified atom stereocenters. The molecule has 7 rings (SSSR count). The van der Waals surface area contributed by atoms with E-state index >= 15 is 0 Å². The normalized spacial score (nSPS) is 49.9. The Kier molecular flexibility index (Phi) is 5.22. The number of rotatable bonds is 2. The summed E-state index contributed by atoms with van der Waals surface area (Å²) in [7, 11) is 0. The van der Waals surface area contributed by atoms with E-state index in [0.29, 0.717) is 23.7 Å². The van der Waals surface area contributed by atoms with Crippen molar-refractivity contribution >= 4 is 5.97 Å². The highest BCUT2D eigenvalue weighted by atomic mass is 16.4. The number of carboxylic acid groups (broad SMARTS) is 1. The molecule has 4 saturated carbocycles. The molecule has 0 radical (unpaired) electrons. The van der Waals surface area contributed by atoms with Gasteiger partial charge in [0.25, 0.3) is 0 Å². The van der Waals surface area contributed by atoms with Crippen molar-refractivity contribution in [1.82, 2.24) is 9.97 Å². The first-order chi connectivity index (χ1) is 18.3. The molecule has 0 amide bonds. The summed E-state index contributed by atoms with van der Waals surface area (Å²) in [5.74, 6) is 2.11. The van der Waals surface area contributed by atoms with Gasteiger partial charge in [-0.3, -0.25) is 4.79 Å². The van der Waals surface area contributed by atoms with Gasteiger partial charge < -0.3 is 5.11 Å². The summed E-state index contributed by atoms with van der Waals surface area (Å²) in [5.41, 5.74) is 4.13. The molecule has 0 aliphatic heterocycles. The molecule has 39 heavy (non-hydrogen) atoms. The van der Waals surface area contributed by atoms with Crippen molar-refractivity contribution in [3.63, 3.8) is 0 Å². The summed E-state index contributed by atoms with van der Waals surface area (Å²) in [6.45, 7) is 17.6. The zero-order chi connectivity index (χ0) is 27.8. The maximum atomic E-state index is 13.3. The molecule has 4 heteroatoms. The summed E-state index contributed by atoms with van der Waals surface area (Å²) < 4.78 is 0. The second kappa shape index (κ2) is 7.77. The molecular formula is C35H50N2O2. The molecule has 0 aromatic carbocycles. The van der Waals surface area contributed by atoms with E-state index in [1.54, 1.807) is 11.9 Å². The van der Waals surface area contributed by atoms with Gasteiger partial charge in [0.2, 0.25) is 0 Å². The van der Waals surface area contributed by atoms with E-state index in [0.717, 1.165) is 38.5 Å². The van der Waals surface area contributed by atoms with Crippen molar-refractivity contribution in [2.75, 3.05) is 0 Å². The van der Waals surface area contributed by atoms with Gasteiger partial charge in [-0.1, -0.05) is 60.1 Å². The molecule has 0 spiro atoms. The molecule has 1 aromatic heterocycles. The number of aliphatic carboxylic acids is 1. The van der Waals surface area contributed by atoms with Crippen LogP contribution in [0.3, 0.4) is 0 Å². The lowest BCUT2D eigenvalue weighted by molar-refractivity contribution is -0.190. The van der Waals surface area contributed by atoms with E-state index in [4.69, 9.17) is 4.98 Å². The predicted octanol–water partition coefficient (Wildman–Crippen LogP) is 8.01. The van der Waals surface area contributed by atoms with Crippen LogP contribution in [-0.2, 0) is 16.6 Å². The highest BCUT2D eigenvalue weighted by molar-refractivity contribution is 5.77. The van der Waals surface area contributed by atoms with Crippen LogP contribution in [0.4, 0.5) is 0 Å². The zero-order valence-corrected chi connectivity index (χ0v) is 25.4. The van der Waals surface area contributed by atoms with E-state index in [-0.39, 0.29) is 33.0 Å². The van der Waals surface area contributed by atoms with Gasteiger partial charge in [0.15, 0.2) is 0 Å². The van der Waals surface area contributed by atoms with Gasteiger partial charge in [-0.25, -0.2) is 9.97 Å². The first-order valence-electron chi connectivity index (χ1n) is 16.0. The SMILES string of the molecule is CC1CCC2(C(=O)O)CCC3(C)C(=CCC4C5(C)Cc6cncnc6C(C)(C)C5CCC43C)C2C1(C)C1CC1. The molecule has 6 aliphatic carbocycles. The Balaban J connectivity index is 1.38. The molecule has 212 valence electrons. The summed E-state index contributed by atoms with van der Waals surface area (Å²) in [4.78, 5) is 22.6. The highest BCUT2D eigenvalue weighted by Gasteiger charge is 2.72. The number of aromatic nitrogens is 2. The van der Waals surface area contributed by atoms with Crippen LogP contribution >= 0.6 is 0 Å². The number of nitrogens with zero attached hydrogens (tertiary/aromatic N) is 2. The number of fused-ring (bicyclic) bond motifs is 8. The van der Waals surface area contributed by atoms with Gasteiger partial charge in [0, 0.05) is 17.5 Å². The summed E-state index contributed by atoms with van der Waals surface area (Å²) >= 11 is 0. The Bertz CT molecular complexity index is 1260. The van der Waals surface area contributed by atoms with Crippen LogP contribution in [0.25, 0.3) is 0 Å². The number of hydrogen-bond acceptors (Lipinski definition) is 3. The quantitative estimate of drug-likeness (QED) is 0.393. The number of carbonyl (C=O) groups is 1. The molecular weight excluding hydrogens is 480 g/mol. The average molecular weight is 531 g/mol. The predicted molar refractivity (Wildman–Crippen MR) is 154 cm³/mol. The van der Waals surface area contributed by atoms with Gasteiger partial charge in [0.05, 0.1) is 11.1 Å². The minimum absolute atomic E-state index is 0.0336. The van der Waals surface area contributed by atoms with Crippen molar-refractivity contribution in [3.05, 3.63) is 35.4 Å². The lowest BCUT2D eigenvalue weighted by atomic mass is 9.32. The van der Waals surface area contributed by atoms with E-state index in [1.807, 2.05) is 0 Å². The lowest BCUT2D eigenvalue weighted by Gasteiger charge is -2.72. The third-order valence-corrected chi connectivity index (χ3v) is 15.2. The number of hydrogen-bond donors (Lipinski definition) is 1. The standard InChI is InChI=1S/C35H50N2O2/c1-21-12-15-35(29(38)39)17-16-32(5)24(27(35)34(21,7)23-8-9-23)10-11-26-31(4)18-22-19-36-20-37-28(22)30(2,3)25(31)13-14-33(26,32)6/h10,19-21,23,25-27H,8-9,11-18H2,1-7H3,(H,38,39). The van der Waals surface area contributed by atoms with Gasteiger partial charge in [-0.05, 0) is 115 Å². The van der Waals surface area contributed by atoms with E-state index < -0.39 is 11.4 Å². The third kappa shape index (κ3) is 2.95. The lowest BCUT2D eigenvalue weighted by Crippen LogP contribution is -2.66. The maximum Gasteiger partial charge on any atom is 0.310 e. The Hall–Kier alpha value is -1.71. The van der Waals surface area contributed by atoms with Crippen LogP contribution in [0.2, 0.25) is 0 Å². The van der Waals surface area contributed by atoms with Crippen molar-refractivity contribution in [2.24, 2.45) is 56.7 Å². The van der Waals surface area contributed by atoms with Crippen LogP contribution in [0.5, 0.6) is 0 Å². The topological polar surface area (TPSA) is 63.1 Å². The molecule has 1 aromatic rings. The molecule has 1 heterocycles. The van der Waals surface area contributed by atoms with Crippen molar-refractivity contribution in [1.29, 1.82) is 0 Å². The summed E-state index contributed by atoms with van der Waals surface area (Å²) in [6.07, 6.45) is 17.5. The fourth-order valence-electron chi connectivity index (χ4n) is 12.7. The molecule has 6 aliphatic rings. The largest absolute Gasteiger partial charge is 0.481 e. The fourth-order valence-corrected chi connectivity index (χ4v) is 12.7. The van der Waals surface area contributed by atoms with Crippen LogP contribution in [0, 0.1) is 56.7 Å². The van der Waals surface area contributed by atoms with Crippen LogP contribution in [-0.4, -0.2) is 21.0 Å². The minimum Gasteiger partial charge on any atom is -0.481 e. The Morgan fingerprint density at radius 2 is 1.69 bits per heavy atom. The molecule has 1 N–H and O–H groups in total. The van der Waals surface area contributed by atoms with Crippen LogP contribution < -0.4 is 0 Å². The number of allylic oxidation sites excluding steroid dienone is 2. The molecule has 9 atom stereocenters. The summed E-state index contributed by atoms with van der Waals surface area (Å²) in [5, 5.41) is 10.9. The van der Waals surface area contributed by atoms with Gasteiger partial charge in [-0.15, -0.1) is 0 Å². The highest BCUT2D eigenvalue weighted by Crippen LogP contribution is 2.78. The van der Waals surface area contributed by atoms with Crippen LogP contribution in [0.1, 0.15) is 118 Å². The molecule has 4 nitrogen and oxygen atoms in total. The van der Waals surface area contributed by atoms with Crippen molar-refractivity contribution in [2.45, 2.75) is 118 Å². The fraction of sp³-hybridized carbons (Fsp3) is 0.800. The first kappa shape index (κ1) is 26.2. The van der Waals surface area contributed by atoms with E-state index in [2.05, 4.69) is 65.7 Å². The van der Waals surface area contributed by atoms with Crippen molar-refractivity contribution in [3.8, 4) is 0 Å². The monoisotopic (exact) mass is 530 g/mol. The zero-order valence-electron chi connectivity index (χ0n) is 25.4. The van der Waals surface area contributed by atoms with E-state index in [1.165, 1.54) is 36.9 Å². The second-order valence-corrected chi connectivity index (χ2v) is 16.6. The second-order valence-electron chi connectivity index (χ2n) is 16.6. The van der Waals surface area contributed by atoms with Gasteiger partial charge in [-0.2, -0.15) is 0 Å². The first-order valence-corrected chi connectivity index (χ1v) is 16.0. The Morgan fingerprint density at radius 3 is 2.38 bits per heavy atom. The van der Waals surface area contributed by atoms with Crippen molar-refractivity contribution < 1.29 is 9.90 Å².